The van der Waals surface area contributed by atoms with Crippen LogP contribution in [0.1, 0.15) is 76.5 Å². The molecule has 1 aliphatic rings. The van der Waals surface area contributed by atoms with Crippen LogP contribution in [0.25, 0.3) is 0 Å². The van der Waals surface area contributed by atoms with Crippen molar-refractivity contribution < 1.29 is 13.9 Å². The van der Waals surface area contributed by atoms with Crippen LogP contribution in [-0.4, -0.2) is 24.7 Å². The number of nitrogens with one attached hydrogen (secondary N) is 1. The van der Waals surface area contributed by atoms with E-state index in [4.69, 9.17) is 9.15 Å². The summed E-state index contributed by atoms with van der Waals surface area (Å²) in [7, 11) is 0. The van der Waals surface area contributed by atoms with Gasteiger partial charge in [-0.2, -0.15) is 0 Å². The number of hydrogen-bond acceptors (Lipinski definition) is 3. The van der Waals surface area contributed by atoms with E-state index in [0.717, 1.165) is 31.6 Å². The maximum Gasteiger partial charge on any atom is 0.220 e. The molecule has 1 fully saturated rings. The molecule has 0 saturated carbocycles. The first-order valence-corrected chi connectivity index (χ1v) is 11.3. The molecular weight excluding hydrogens is 374 g/mol. The van der Waals surface area contributed by atoms with E-state index >= 15 is 0 Å². The minimum absolute atomic E-state index is 0.0767. The highest BCUT2D eigenvalue weighted by Gasteiger charge is 2.34. The van der Waals surface area contributed by atoms with Crippen LogP contribution in [0.5, 0.6) is 0 Å². The molecule has 4 nitrogen and oxygen atoms in total. The Balaban J connectivity index is 1.59. The van der Waals surface area contributed by atoms with Crippen molar-refractivity contribution in [1.82, 2.24) is 5.32 Å². The summed E-state index contributed by atoms with van der Waals surface area (Å²) >= 11 is 0. The van der Waals surface area contributed by atoms with Crippen LogP contribution in [0.3, 0.4) is 0 Å². The molecule has 30 heavy (non-hydrogen) atoms. The van der Waals surface area contributed by atoms with Gasteiger partial charge in [0.05, 0.1) is 11.9 Å². The number of furan rings is 1. The van der Waals surface area contributed by atoms with E-state index in [2.05, 4.69) is 63.3 Å². The molecule has 2 heterocycles. The van der Waals surface area contributed by atoms with Gasteiger partial charge in [-0.1, -0.05) is 44.2 Å². The lowest BCUT2D eigenvalue weighted by molar-refractivity contribution is -0.121. The Bertz CT molecular complexity index is 767. The summed E-state index contributed by atoms with van der Waals surface area (Å²) in [5.74, 6) is 2.46. The molecule has 1 N–H and O–H groups in total. The Morgan fingerprint density at radius 2 is 1.93 bits per heavy atom. The second-order valence-corrected chi connectivity index (χ2v) is 9.59. The quantitative estimate of drug-likeness (QED) is 0.558. The number of hydrogen-bond donors (Lipinski definition) is 1. The second-order valence-electron chi connectivity index (χ2n) is 9.59. The van der Waals surface area contributed by atoms with E-state index in [9.17, 15) is 4.79 Å². The van der Waals surface area contributed by atoms with E-state index in [1.807, 2.05) is 12.1 Å². The van der Waals surface area contributed by atoms with Crippen molar-refractivity contribution in [1.29, 1.82) is 0 Å². The van der Waals surface area contributed by atoms with Crippen LogP contribution in [0.15, 0.2) is 53.1 Å². The Labute approximate surface area is 181 Å². The molecule has 1 aromatic heterocycles. The minimum atomic E-state index is -0.0767. The lowest BCUT2D eigenvalue weighted by Gasteiger charge is -2.39. The SMILES string of the molecule is CC(C)C(CC(=O)NCCC(c1ccccc1)C1CCOC(C)(C)C1)c1ccco1. The summed E-state index contributed by atoms with van der Waals surface area (Å²) in [5.41, 5.74) is 1.29. The van der Waals surface area contributed by atoms with Crippen LogP contribution in [0.2, 0.25) is 0 Å². The Kier molecular flexibility index (Phi) is 7.76. The molecule has 0 spiro atoms. The maximum atomic E-state index is 12.7. The van der Waals surface area contributed by atoms with Gasteiger partial charge >= 0.3 is 0 Å². The molecule has 1 amide bonds. The molecule has 3 rings (SSSR count). The molecule has 3 unspecified atom stereocenters. The first-order valence-electron chi connectivity index (χ1n) is 11.3. The third-order valence-electron chi connectivity index (χ3n) is 6.43. The number of carbonyl (C=O) groups is 1. The average Bonchev–Trinajstić information content (AvgIpc) is 3.23. The largest absolute Gasteiger partial charge is 0.469 e. The third-order valence-corrected chi connectivity index (χ3v) is 6.43. The predicted molar refractivity (Wildman–Crippen MR) is 120 cm³/mol. The smallest absolute Gasteiger partial charge is 0.220 e. The van der Waals surface area contributed by atoms with Crippen molar-refractivity contribution in [2.45, 2.75) is 70.8 Å². The van der Waals surface area contributed by atoms with Crippen molar-refractivity contribution in [3.8, 4) is 0 Å². The summed E-state index contributed by atoms with van der Waals surface area (Å²) in [5, 5.41) is 3.18. The summed E-state index contributed by atoms with van der Waals surface area (Å²) in [6.07, 6.45) is 5.22. The molecular formula is C26H37NO3. The van der Waals surface area contributed by atoms with Gasteiger partial charge < -0.3 is 14.5 Å². The minimum Gasteiger partial charge on any atom is -0.469 e. The van der Waals surface area contributed by atoms with Gasteiger partial charge in [0.15, 0.2) is 0 Å². The molecule has 1 saturated heterocycles. The van der Waals surface area contributed by atoms with E-state index in [-0.39, 0.29) is 17.4 Å². The fourth-order valence-electron chi connectivity index (χ4n) is 4.80. The van der Waals surface area contributed by atoms with Gasteiger partial charge in [0.25, 0.3) is 0 Å². The highest BCUT2D eigenvalue weighted by atomic mass is 16.5. The van der Waals surface area contributed by atoms with Crippen molar-refractivity contribution in [2.24, 2.45) is 11.8 Å². The number of benzene rings is 1. The second kappa shape index (κ2) is 10.3. The van der Waals surface area contributed by atoms with Crippen molar-refractivity contribution in [3.63, 3.8) is 0 Å². The van der Waals surface area contributed by atoms with E-state index < -0.39 is 0 Å². The van der Waals surface area contributed by atoms with Gasteiger partial charge in [-0.15, -0.1) is 0 Å². The topological polar surface area (TPSA) is 51.5 Å². The number of ether oxygens (including phenoxy) is 1. The zero-order valence-electron chi connectivity index (χ0n) is 18.9. The van der Waals surface area contributed by atoms with E-state index in [1.165, 1.54) is 5.56 Å². The molecule has 1 aromatic carbocycles. The monoisotopic (exact) mass is 411 g/mol. The fraction of sp³-hybridized carbons (Fsp3) is 0.577. The van der Waals surface area contributed by atoms with Gasteiger partial charge in [0.2, 0.25) is 5.91 Å². The fourth-order valence-corrected chi connectivity index (χ4v) is 4.80. The normalized spacial score (nSPS) is 20.6. The standard InChI is InChI=1S/C26H37NO3/c1-19(2)23(24-11-8-15-29-24)17-25(28)27-14-12-22(20-9-6-5-7-10-20)21-13-16-30-26(3,4)18-21/h5-11,15,19,21-23H,12-14,16-18H2,1-4H3,(H,27,28). The third kappa shape index (κ3) is 6.21. The zero-order chi connectivity index (χ0) is 21.6. The van der Waals surface area contributed by atoms with E-state index in [0.29, 0.717) is 30.7 Å². The molecule has 0 bridgehead atoms. The Morgan fingerprint density at radius 3 is 2.57 bits per heavy atom. The average molecular weight is 412 g/mol. The van der Waals surface area contributed by atoms with Gasteiger partial charge in [0, 0.05) is 25.5 Å². The van der Waals surface area contributed by atoms with Crippen molar-refractivity contribution in [3.05, 3.63) is 60.1 Å². The first-order chi connectivity index (χ1) is 14.4. The van der Waals surface area contributed by atoms with Crippen LogP contribution in [-0.2, 0) is 9.53 Å². The summed E-state index contributed by atoms with van der Waals surface area (Å²) in [4.78, 5) is 12.7. The summed E-state index contributed by atoms with van der Waals surface area (Å²) in [6.45, 7) is 10.1. The number of rotatable bonds is 9. The molecule has 0 radical (unpaired) electrons. The Hall–Kier alpha value is -2.07. The van der Waals surface area contributed by atoms with Crippen molar-refractivity contribution in [2.75, 3.05) is 13.2 Å². The maximum absolute atomic E-state index is 12.7. The number of amides is 1. The van der Waals surface area contributed by atoms with Crippen LogP contribution >= 0.6 is 0 Å². The first kappa shape index (κ1) is 22.6. The molecule has 3 atom stereocenters. The highest BCUT2D eigenvalue weighted by Crippen LogP contribution is 2.39. The van der Waals surface area contributed by atoms with Crippen LogP contribution < -0.4 is 5.32 Å². The van der Waals surface area contributed by atoms with Crippen molar-refractivity contribution >= 4 is 5.91 Å². The van der Waals surface area contributed by atoms with Gasteiger partial charge in [-0.3, -0.25) is 4.79 Å². The summed E-state index contributed by atoms with van der Waals surface area (Å²) in [6, 6.07) is 14.6. The summed E-state index contributed by atoms with van der Waals surface area (Å²) < 4.78 is 11.5. The number of carbonyl (C=O) groups excluding carboxylic acids is 1. The molecule has 1 aliphatic heterocycles. The van der Waals surface area contributed by atoms with Gasteiger partial charge in [-0.05, 0) is 68.6 Å². The van der Waals surface area contributed by atoms with Gasteiger partial charge in [-0.25, -0.2) is 0 Å². The predicted octanol–water partition coefficient (Wildman–Crippen LogP) is 5.90. The zero-order valence-corrected chi connectivity index (χ0v) is 18.9. The van der Waals surface area contributed by atoms with Gasteiger partial charge in [0.1, 0.15) is 5.76 Å². The molecule has 164 valence electrons. The van der Waals surface area contributed by atoms with Crippen LogP contribution in [0.4, 0.5) is 0 Å². The molecule has 0 aliphatic carbocycles. The van der Waals surface area contributed by atoms with Crippen LogP contribution in [0, 0.1) is 11.8 Å². The molecule has 4 heteroatoms. The lowest BCUT2D eigenvalue weighted by atomic mass is 9.75. The van der Waals surface area contributed by atoms with E-state index in [1.54, 1.807) is 6.26 Å². The highest BCUT2D eigenvalue weighted by molar-refractivity contribution is 5.76. The Morgan fingerprint density at radius 1 is 1.17 bits per heavy atom. The molecule has 2 aromatic rings. The lowest BCUT2D eigenvalue weighted by Crippen LogP contribution is -2.37.